The fourth-order valence-electron chi connectivity index (χ4n) is 3.23. The van der Waals surface area contributed by atoms with E-state index in [1.807, 2.05) is 23.1 Å². The summed E-state index contributed by atoms with van der Waals surface area (Å²) >= 11 is 15.6. The summed E-state index contributed by atoms with van der Waals surface area (Å²) in [5.74, 6) is 0.684. The molecule has 10 heteroatoms. The number of rotatable bonds is 4. The van der Waals surface area contributed by atoms with Gasteiger partial charge in [-0.05, 0) is 52.9 Å². The third-order valence-corrected chi connectivity index (χ3v) is 5.86. The van der Waals surface area contributed by atoms with E-state index in [1.54, 1.807) is 28.9 Å². The van der Waals surface area contributed by atoms with Crippen molar-refractivity contribution in [3.63, 3.8) is 0 Å². The van der Waals surface area contributed by atoms with Crippen LogP contribution in [0.15, 0.2) is 46.9 Å². The monoisotopic (exact) mass is 494 g/mol. The molecule has 2 heterocycles. The van der Waals surface area contributed by atoms with E-state index < -0.39 is 0 Å². The van der Waals surface area contributed by atoms with Crippen molar-refractivity contribution in [2.75, 3.05) is 26.2 Å². The van der Waals surface area contributed by atoms with E-state index in [-0.39, 0.29) is 5.91 Å². The average molecular weight is 496 g/mol. The molecule has 0 saturated carbocycles. The molecule has 1 amide bonds. The lowest BCUT2D eigenvalue weighted by atomic mass is 10.2. The number of halogens is 3. The van der Waals surface area contributed by atoms with Crippen LogP contribution in [-0.2, 0) is 6.54 Å². The zero-order valence-corrected chi connectivity index (χ0v) is 18.4. The van der Waals surface area contributed by atoms with Gasteiger partial charge in [0.1, 0.15) is 0 Å². The Hall–Kier alpha value is -2.00. The molecule has 0 radical (unpaired) electrons. The fraction of sp³-hybridized carbons (Fsp3) is 0.263. The van der Waals surface area contributed by atoms with Crippen LogP contribution in [0.25, 0.3) is 5.69 Å². The molecule has 150 valence electrons. The molecule has 4 rings (SSSR count). The number of hydrogen-bond acceptors (Lipinski definition) is 5. The molecule has 1 aliphatic heterocycles. The minimum absolute atomic E-state index is 0.0538. The first-order chi connectivity index (χ1) is 14.0. The van der Waals surface area contributed by atoms with Crippen molar-refractivity contribution < 1.29 is 4.79 Å². The van der Waals surface area contributed by atoms with Gasteiger partial charge in [0.2, 0.25) is 0 Å². The van der Waals surface area contributed by atoms with E-state index in [2.05, 4.69) is 36.4 Å². The van der Waals surface area contributed by atoms with Crippen LogP contribution >= 0.6 is 39.1 Å². The highest BCUT2D eigenvalue weighted by Crippen LogP contribution is 2.23. The van der Waals surface area contributed by atoms with Gasteiger partial charge in [0.05, 0.1) is 22.8 Å². The highest BCUT2D eigenvalue weighted by molar-refractivity contribution is 9.10. The molecule has 7 nitrogen and oxygen atoms in total. The fourth-order valence-corrected chi connectivity index (χ4v) is 3.91. The molecular formula is C19H17BrCl2N6O. The van der Waals surface area contributed by atoms with E-state index in [4.69, 9.17) is 23.2 Å². The maximum Gasteiger partial charge on any atom is 0.255 e. The predicted molar refractivity (Wildman–Crippen MR) is 114 cm³/mol. The largest absolute Gasteiger partial charge is 0.336 e. The maximum atomic E-state index is 12.8. The lowest BCUT2D eigenvalue weighted by Gasteiger charge is -2.34. The Morgan fingerprint density at radius 1 is 1.03 bits per heavy atom. The molecule has 1 saturated heterocycles. The third kappa shape index (κ3) is 4.61. The van der Waals surface area contributed by atoms with Crippen molar-refractivity contribution in [1.82, 2.24) is 30.0 Å². The molecular weight excluding hydrogens is 479 g/mol. The summed E-state index contributed by atoms with van der Waals surface area (Å²) < 4.78 is 2.53. The number of piperazine rings is 1. The van der Waals surface area contributed by atoms with Crippen molar-refractivity contribution >= 4 is 45.0 Å². The minimum atomic E-state index is -0.0538. The van der Waals surface area contributed by atoms with E-state index in [1.165, 1.54) is 0 Å². The second-order valence-corrected chi connectivity index (χ2v) is 8.44. The van der Waals surface area contributed by atoms with E-state index >= 15 is 0 Å². The first-order valence-corrected chi connectivity index (χ1v) is 10.6. The highest BCUT2D eigenvalue weighted by atomic mass is 79.9. The van der Waals surface area contributed by atoms with Gasteiger partial charge in [0.15, 0.2) is 5.82 Å². The van der Waals surface area contributed by atoms with Crippen LogP contribution in [0.4, 0.5) is 0 Å². The Balaban J connectivity index is 1.40. The number of nitrogens with zero attached hydrogens (tertiary/aromatic N) is 6. The van der Waals surface area contributed by atoms with Gasteiger partial charge in [0, 0.05) is 35.7 Å². The van der Waals surface area contributed by atoms with E-state index in [9.17, 15) is 4.79 Å². The quantitative estimate of drug-likeness (QED) is 0.552. The van der Waals surface area contributed by atoms with Gasteiger partial charge in [0.25, 0.3) is 5.91 Å². The van der Waals surface area contributed by atoms with Crippen LogP contribution in [0.1, 0.15) is 16.2 Å². The summed E-state index contributed by atoms with van der Waals surface area (Å²) in [6.45, 7) is 3.28. The zero-order chi connectivity index (χ0) is 20.4. The van der Waals surface area contributed by atoms with Crippen molar-refractivity contribution in [3.8, 4) is 5.69 Å². The van der Waals surface area contributed by atoms with E-state index in [0.29, 0.717) is 35.2 Å². The second kappa shape index (κ2) is 8.79. The van der Waals surface area contributed by atoms with Gasteiger partial charge >= 0.3 is 0 Å². The van der Waals surface area contributed by atoms with Crippen LogP contribution in [0.2, 0.25) is 10.0 Å². The van der Waals surface area contributed by atoms with Crippen molar-refractivity contribution in [2.45, 2.75) is 6.54 Å². The number of carbonyl (C=O) groups is 1. The number of hydrogen-bond donors (Lipinski definition) is 0. The Morgan fingerprint density at radius 2 is 1.76 bits per heavy atom. The minimum Gasteiger partial charge on any atom is -0.336 e. The van der Waals surface area contributed by atoms with Crippen molar-refractivity contribution in [3.05, 3.63) is 68.4 Å². The number of tetrazole rings is 1. The summed E-state index contributed by atoms with van der Waals surface area (Å²) in [7, 11) is 0. The molecule has 0 aliphatic carbocycles. The lowest BCUT2D eigenvalue weighted by molar-refractivity contribution is 0.0624. The summed E-state index contributed by atoms with van der Waals surface area (Å²) in [6, 6.07) is 12.7. The predicted octanol–water partition coefficient (Wildman–Crippen LogP) is 3.69. The first-order valence-electron chi connectivity index (χ1n) is 9.01. The van der Waals surface area contributed by atoms with Gasteiger partial charge in [-0.15, -0.1) is 5.10 Å². The van der Waals surface area contributed by atoms with Gasteiger partial charge in [-0.3, -0.25) is 9.69 Å². The molecule has 0 bridgehead atoms. The van der Waals surface area contributed by atoms with Crippen LogP contribution in [0, 0.1) is 0 Å². The molecule has 3 aromatic rings. The molecule has 2 aromatic carbocycles. The summed E-state index contributed by atoms with van der Waals surface area (Å²) in [5, 5.41) is 13.2. The molecule has 0 spiro atoms. The van der Waals surface area contributed by atoms with Crippen molar-refractivity contribution in [2.24, 2.45) is 0 Å². The SMILES string of the molecule is O=C(c1cc(Br)ccc1Cl)N1CCN(Cc2nnnn2-c2ccc(Cl)cc2)CC1. The second-order valence-electron chi connectivity index (χ2n) is 6.68. The summed E-state index contributed by atoms with van der Waals surface area (Å²) in [5.41, 5.74) is 1.37. The Kier molecular flexibility index (Phi) is 6.15. The number of amides is 1. The van der Waals surface area contributed by atoms with Gasteiger partial charge in [-0.2, -0.15) is 4.68 Å². The van der Waals surface area contributed by atoms with Crippen molar-refractivity contribution in [1.29, 1.82) is 0 Å². The Labute approximate surface area is 186 Å². The highest BCUT2D eigenvalue weighted by Gasteiger charge is 2.25. The van der Waals surface area contributed by atoms with Crippen LogP contribution in [-0.4, -0.2) is 62.1 Å². The molecule has 0 atom stereocenters. The van der Waals surface area contributed by atoms with Gasteiger partial charge in [-0.1, -0.05) is 39.1 Å². The molecule has 1 aliphatic rings. The van der Waals surface area contributed by atoms with Crippen LogP contribution in [0.3, 0.4) is 0 Å². The lowest BCUT2D eigenvalue weighted by Crippen LogP contribution is -2.48. The van der Waals surface area contributed by atoms with E-state index in [0.717, 1.165) is 29.1 Å². The van der Waals surface area contributed by atoms with Crippen LogP contribution in [0.5, 0.6) is 0 Å². The molecule has 29 heavy (non-hydrogen) atoms. The Morgan fingerprint density at radius 3 is 2.48 bits per heavy atom. The molecule has 1 aromatic heterocycles. The summed E-state index contributed by atoms with van der Waals surface area (Å²) in [6.07, 6.45) is 0. The molecule has 0 N–H and O–H groups in total. The third-order valence-electron chi connectivity index (χ3n) is 4.79. The smallest absolute Gasteiger partial charge is 0.255 e. The summed E-state index contributed by atoms with van der Waals surface area (Å²) in [4.78, 5) is 16.9. The number of carbonyl (C=O) groups excluding carboxylic acids is 1. The topological polar surface area (TPSA) is 67.2 Å². The maximum absolute atomic E-state index is 12.8. The molecule has 0 unspecified atom stereocenters. The van der Waals surface area contributed by atoms with Gasteiger partial charge in [-0.25, -0.2) is 0 Å². The van der Waals surface area contributed by atoms with Gasteiger partial charge < -0.3 is 4.90 Å². The number of aromatic nitrogens is 4. The average Bonchev–Trinajstić information content (AvgIpc) is 3.18. The molecule has 1 fully saturated rings. The Bertz CT molecular complexity index is 1020. The first kappa shape index (κ1) is 20.3. The number of benzene rings is 2. The standard InChI is InChI=1S/C19H17BrCl2N6O/c20-13-1-6-17(22)16(11-13)19(29)27-9-7-26(8-10-27)12-18-23-24-25-28(18)15-4-2-14(21)3-5-15/h1-6,11H,7-10,12H2. The normalized spacial score (nSPS) is 14.9. The zero-order valence-electron chi connectivity index (χ0n) is 15.3. The van der Waals surface area contributed by atoms with Crippen LogP contribution < -0.4 is 0 Å².